The normalized spacial score (nSPS) is 24.2. The highest BCUT2D eigenvalue weighted by atomic mass is 19.3. The highest BCUT2D eigenvalue weighted by molar-refractivity contribution is 5.85. The minimum Gasteiger partial charge on any atom is -0.340 e. The first-order valence-corrected chi connectivity index (χ1v) is 13.1. The van der Waals surface area contributed by atoms with Gasteiger partial charge in [0.1, 0.15) is 11.9 Å². The first kappa shape index (κ1) is 22.7. The van der Waals surface area contributed by atoms with Gasteiger partial charge in [-0.05, 0) is 44.9 Å². The smallest absolute Gasteiger partial charge is 0.251 e. The van der Waals surface area contributed by atoms with E-state index in [2.05, 4.69) is 21.6 Å². The van der Waals surface area contributed by atoms with Crippen molar-refractivity contribution in [2.24, 2.45) is 0 Å². The van der Waals surface area contributed by atoms with Crippen LogP contribution in [0.2, 0.25) is 0 Å². The highest BCUT2D eigenvalue weighted by Gasteiger charge is 2.41. The summed E-state index contributed by atoms with van der Waals surface area (Å²) in [4.78, 5) is 26.6. The van der Waals surface area contributed by atoms with E-state index in [1.54, 1.807) is 4.90 Å². The van der Waals surface area contributed by atoms with Crippen molar-refractivity contribution in [2.45, 2.75) is 88.5 Å². The van der Waals surface area contributed by atoms with Crippen molar-refractivity contribution in [3.05, 3.63) is 23.0 Å². The van der Waals surface area contributed by atoms with Crippen LogP contribution in [0.25, 0.3) is 0 Å². The Morgan fingerprint density at radius 1 is 1.03 bits per heavy atom. The van der Waals surface area contributed by atoms with Gasteiger partial charge < -0.3 is 15.1 Å². The SMILES string of the molecule is O=C([C@H]1CCCN1c1nc2c(c(Nc3cc(C4CCCC4)[nH]n3)n1)CCC2)N1CCC(F)(F)CC1. The van der Waals surface area contributed by atoms with Gasteiger partial charge >= 0.3 is 0 Å². The number of anilines is 3. The summed E-state index contributed by atoms with van der Waals surface area (Å²) >= 11 is 0. The molecule has 1 atom stereocenters. The molecule has 188 valence electrons. The molecule has 0 spiro atoms. The predicted molar refractivity (Wildman–Crippen MR) is 128 cm³/mol. The number of rotatable bonds is 5. The molecule has 0 bridgehead atoms. The standard InChI is InChI=1S/C25H33F2N7O/c26-25(27)10-13-33(14-11-25)23(35)20-9-4-12-34(20)24-28-18-8-3-7-17(18)22(30-24)29-21-15-19(31-32-21)16-5-1-2-6-16/h15-16,20H,1-14H2,(H2,28,29,30,31,32)/t20-/m1/s1. The van der Waals surface area contributed by atoms with E-state index in [-0.39, 0.29) is 31.8 Å². The third-order valence-corrected chi connectivity index (χ3v) is 8.16. The van der Waals surface area contributed by atoms with Gasteiger partial charge in [-0.1, -0.05) is 12.8 Å². The van der Waals surface area contributed by atoms with Crippen LogP contribution in [0.4, 0.5) is 26.4 Å². The molecule has 4 heterocycles. The van der Waals surface area contributed by atoms with E-state index < -0.39 is 12.0 Å². The molecule has 2 aromatic heterocycles. The number of H-pyrrole nitrogens is 1. The molecule has 2 aliphatic heterocycles. The molecule has 0 unspecified atom stereocenters. The van der Waals surface area contributed by atoms with Crippen molar-refractivity contribution in [3.8, 4) is 0 Å². The van der Waals surface area contributed by atoms with Crippen LogP contribution in [0.5, 0.6) is 0 Å². The van der Waals surface area contributed by atoms with Crippen LogP contribution in [0.3, 0.4) is 0 Å². The highest BCUT2D eigenvalue weighted by Crippen LogP contribution is 2.36. The maximum absolute atomic E-state index is 13.6. The molecule has 2 aromatic rings. The first-order valence-electron chi connectivity index (χ1n) is 13.1. The van der Waals surface area contributed by atoms with E-state index in [9.17, 15) is 13.6 Å². The van der Waals surface area contributed by atoms with Crippen LogP contribution in [0.15, 0.2) is 6.07 Å². The fraction of sp³-hybridized carbons (Fsp3) is 0.680. The average Bonchev–Trinajstić information content (AvgIpc) is 3.65. The van der Waals surface area contributed by atoms with Gasteiger partial charge in [-0.25, -0.2) is 13.8 Å². The molecule has 2 aliphatic carbocycles. The number of fused-ring (bicyclic) bond motifs is 1. The molecule has 8 nitrogen and oxygen atoms in total. The third-order valence-electron chi connectivity index (χ3n) is 8.16. The molecule has 1 saturated carbocycles. The second kappa shape index (κ2) is 9.02. The molecule has 3 fully saturated rings. The molecule has 4 aliphatic rings. The van der Waals surface area contributed by atoms with Crippen LogP contribution in [-0.2, 0) is 17.6 Å². The largest absolute Gasteiger partial charge is 0.340 e. The lowest BCUT2D eigenvalue weighted by atomic mass is 10.0. The van der Waals surface area contributed by atoms with E-state index in [1.807, 2.05) is 4.90 Å². The third kappa shape index (κ3) is 4.47. The van der Waals surface area contributed by atoms with Crippen molar-refractivity contribution < 1.29 is 13.6 Å². The fourth-order valence-corrected chi connectivity index (χ4v) is 6.15. The van der Waals surface area contributed by atoms with Crippen LogP contribution >= 0.6 is 0 Å². The van der Waals surface area contributed by atoms with E-state index in [4.69, 9.17) is 9.97 Å². The fourth-order valence-electron chi connectivity index (χ4n) is 6.15. The molecule has 35 heavy (non-hydrogen) atoms. The topological polar surface area (TPSA) is 90.0 Å². The molecule has 6 rings (SSSR count). The second-order valence-corrected chi connectivity index (χ2v) is 10.5. The van der Waals surface area contributed by atoms with Crippen molar-refractivity contribution in [2.75, 3.05) is 29.9 Å². The van der Waals surface area contributed by atoms with E-state index in [0.717, 1.165) is 48.6 Å². The molecule has 2 saturated heterocycles. The molecular formula is C25H33F2N7O. The van der Waals surface area contributed by atoms with Crippen LogP contribution in [0.1, 0.15) is 80.7 Å². The number of nitrogens with zero attached hydrogens (tertiary/aromatic N) is 5. The van der Waals surface area contributed by atoms with E-state index >= 15 is 0 Å². The maximum atomic E-state index is 13.6. The number of alkyl halides is 2. The number of hydrogen-bond acceptors (Lipinski definition) is 6. The lowest BCUT2D eigenvalue weighted by Gasteiger charge is -2.35. The Labute approximate surface area is 203 Å². The summed E-state index contributed by atoms with van der Waals surface area (Å²) < 4.78 is 27.2. The number of likely N-dealkylation sites (tertiary alicyclic amines) is 1. The Hall–Kier alpha value is -2.78. The molecular weight excluding hydrogens is 452 g/mol. The Kier molecular flexibility index (Phi) is 5.84. The number of piperidine rings is 1. The summed E-state index contributed by atoms with van der Waals surface area (Å²) in [6.07, 6.45) is 8.80. The van der Waals surface area contributed by atoms with Gasteiger partial charge in [-0.3, -0.25) is 9.89 Å². The van der Waals surface area contributed by atoms with Gasteiger partial charge in [-0.2, -0.15) is 10.1 Å². The van der Waals surface area contributed by atoms with E-state index in [0.29, 0.717) is 24.8 Å². The molecule has 0 aromatic carbocycles. The number of nitrogens with one attached hydrogen (secondary N) is 2. The summed E-state index contributed by atoms with van der Waals surface area (Å²) in [6.45, 7) is 0.903. The molecule has 0 radical (unpaired) electrons. The van der Waals surface area contributed by atoms with Crippen LogP contribution in [-0.4, -0.2) is 62.6 Å². The van der Waals surface area contributed by atoms with Gasteiger partial charge in [-0.15, -0.1) is 0 Å². The monoisotopic (exact) mass is 485 g/mol. The van der Waals surface area contributed by atoms with Crippen molar-refractivity contribution in [3.63, 3.8) is 0 Å². The number of hydrogen-bond donors (Lipinski definition) is 2. The minimum absolute atomic E-state index is 0.0786. The summed E-state index contributed by atoms with van der Waals surface area (Å²) in [5.74, 6) is -0.116. The van der Waals surface area contributed by atoms with Crippen LogP contribution < -0.4 is 10.2 Å². The Morgan fingerprint density at radius 3 is 2.63 bits per heavy atom. The second-order valence-electron chi connectivity index (χ2n) is 10.5. The van der Waals surface area contributed by atoms with Crippen molar-refractivity contribution in [1.82, 2.24) is 25.1 Å². The zero-order chi connectivity index (χ0) is 24.0. The van der Waals surface area contributed by atoms with Gasteiger partial charge in [0, 0.05) is 55.7 Å². The van der Waals surface area contributed by atoms with Crippen molar-refractivity contribution >= 4 is 23.5 Å². The Morgan fingerprint density at radius 2 is 1.83 bits per heavy atom. The lowest BCUT2D eigenvalue weighted by molar-refractivity contribution is -0.138. The van der Waals surface area contributed by atoms with Gasteiger partial charge in [0.2, 0.25) is 11.9 Å². The van der Waals surface area contributed by atoms with Gasteiger partial charge in [0.05, 0.1) is 5.69 Å². The number of aromatic amines is 1. The van der Waals surface area contributed by atoms with Gasteiger partial charge in [0.15, 0.2) is 5.82 Å². The molecule has 1 amide bonds. The minimum atomic E-state index is -2.67. The Bertz CT molecular complexity index is 1090. The summed E-state index contributed by atoms with van der Waals surface area (Å²) in [5, 5.41) is 11.1. The number of halogens is 2. The summed E-state index contributed by atoms with van der Waals surface area (Å²) in [5.41, 5.74) is 3.33. The Balaban J connectivity index is 1.23. The number of aryl methyl sites for hydroxylation is 1. The first-order chi connectivity index (χ1) is 17.0. The number of amides is 1. The van der Waals surface area contributed by atoms with E-state index in [1.165, 1.54) is 31.4 Å². The lowest BCUT2D eigenvalue weighted by Crippen LogP contribution is -2.50. The maximum Gasteiger partial charge on any atom is 0.251 e. The van der Waals surface area contributed by atoms with Gasteiger partial charge in [0.25, 0.3) is 5.92 Å². The van der Waals surface area contributed by atoms with Crippen molar-refractivity contribution in [1.29, 1.82) is 0 Å². The average molecular weight is 486 g/mol. The quantitative estimate of drug-likeness (QED) is 0.656. The predicted octanol–water partition coefficient (Wildman–Crippen LogP) is 4.32. The van der Waals surface area contributed by atoms with Crippen LogP contribution in [0, 0.1) is 0 Å². The zero-order valence-corrected chi connectivity index (χ0v) is 20.0. The number of carbonyl (C=O) groups excluding carboxylic acids is 1. The molecule has 2 N–H and O–H groups in total. The zero-order valence-electron chi connectivity index (χ0n) is 20.0. The molecule has 10 heteroatoms. The number of aromatic nitrogens is 4. The number of carbonyl (C=O) groups is 1. The summed E-state index contributed by atoms with van der Waals surface area (Å²) in [6, 6.07) is 1.70. The summed E-state index contributed by atoms with van der Waals surface area (Å²) in [7, 11) is 0.